The highest BCUT2D eigenvalue weighted by Gasteiger charge is 2.47. The van der Waals surface area contributed by atoms with Crippen LogP contribution in [0.5, 0.6) is 0 Å². The summed E-state index contributed by atoms with van der Waals surface area (Å²) in [7, 11) is 0. The van der Waals surface area contributed by atoms with Crippen LogP contribution in [0, 0.1) is 0 Å². The molecule has 0 bridgehead atoms. The lowest BCUT2D eigenvalue weighted by molar-refractivity contribution is 0.768. The highest BCUT2D eigenvalue weighted by molar-refractivity contribution is 5.98. The van der Waals surface area contributed by atoms with E-state index in [1.807, 2.05) is 0 Å². The summed E-state index contributed by atoms with van der Waals surface area (Å²) in [5.41, 5.74) is 15.3. The molecule has 0 atom stereocenters. The molecule has 10 aromatic carbocycles. The molecule has 0 fully saturated rings. The normalized spacial score (nSPS) is 12.6. The fraction of sp³-hybridized carbons (Fsp3) is 0.0175. The molecule has 10 aromatic rings. The summed E-state index contributed by atoms with van der Waals surface area (Å²) in [6.07, 6.45) is 0. The van der Waals surface area contributed by atoms with Gasteiger partial charge in [-0.05, 0) is 114 Å². The fourth-order valence-electron chi connectivity index (χ4n) is 9.43. The molecule has 0 saturated carbocycles. The van der Waals surface area contributed by atoms with Crippen LogP contribution in [0.4, 0.5) is 17.1 Å². The third kappa shape index (κ3) is 5.47. The van der Waals surface area contributed by atoms with Gasteiger partial charge in [-0.25, -0.2) is 0 Å². The number of hydrogen-bond acceptors (Lipinski definition) is 1. The Morgan fingerprint density at radius 1 is 0.293 bits per heavy atom. The van der Waals surface area contributed by atoms with Crippen molar-refractivity contribution in [1.29, 1.82) is 0 Å². The van der Waals surface area contributed by atoms with E-state index >= 15 is 0 Å². The Morgan fingerprint density at radius 3 is 1.26 bits per heavy atom. The molecule has 272 valence electrons. The molecule has 0 heterocycles. The molecular formula is C57H39N. The van der Waals surface area contributed by atoms with Crippen LogP contribution in [0.25, 0.3) is 54.9 Å². The van der Waals surface area contributed by atoms with Gasteiger partial charge < -0.3 is 4.90 Å². The van der Waals surface area contributed by atoms with Gasteiger partial charge in [0.05, 0.1) is 11.1 Å². The minimum Gasteiger partial charge on any atom is -0.310 e. The maximum Gasteiger partial charge on any atom is 0.0714 e. The topological polar surface area (TPSA) is 3.24 Å². The molecule has 0 amide bonds. The van der Waals surface area contributed by atoms with E-state index in [-0.39, 0.29) is 0 Å². The van der Waals surface area contributed by atoms with Gasteiger partial charge in [-0.2, -0.15) is 0 Å². The zero-order valence-electron chi connectivity index (χ0n) is 32.0. The molecule has 11 rings (SSSR count). The zero-order chi connectivity index (χ0) is 38.5. The zero-order valence-corrected chi connectivity index (χ0v) is 32.0. The van der Waals surface area contributed by atoms with Crippen LogP contribution in [-0.2, 0) is 5.41 Å². The number of hydrogen-bond donors (Lipinski definition) is 0. The first kappa shape index (κ1) is 33.8. The first-order valence-electron chi connectivity index (χ1n) is 20.1. The largest absolute Gasteiger partial charge is 0.310 e. The predicted octanol–water partition coefficient (Wildman–Crippen LogP) is 15.2. The summed E-state index contributed by atoms with van der Waals surface area (Å²) in [5.74, 6) is 0. The van der Waals surface area contributed by atoms with Gasteiger partial charge in [0.15, 0.2) is 0 Å². The van der Waals surface area contributed by atoms with E-state index in [1.165, 1.54) is 77.2 Å². The molecular weight excluding hydrogens is 699 g/mol. The number of rotatable bonds is 7. The molecule has 0 saturated heterocycles. The smallest absolute Gasteiger partial charge is 0.0714 e. The van der Waals surface area contributed by atoms with Crippen molar-refractivity contribution in [2.45, 2.75) is 5.41 Å². The lowest BCUT2D eigenvalue weighted by atomic mass is 9.68. The molecule has 1 aliphatic rings. The second kappa shape index (κ2) is 13.9. The van der Waals surface area contributed by atoms with Crippen LogP contribution < -0.4 is 4.90 Å². The van der Waals surface area contributed by atoms with E-state index < -0.39 is 5.41 Å². The molecule has 0 N–H and O–H groups in total. The summed E-state index contributed by atoms with van der Waals surface area (Å²) in [5, 5.41) is 5.00. The van der Waals surface area contributed by atoms with Crippen LogP contribution in [0.2, 0.25) is 0 Å². The summed E-state index contributed by atoms with van der Waals surface area (Å²) in [6.45, 7) is 0. The Hall–Kier alpha value is -7.48. The number of fused-ring (bicyclic) bond motifs is 5. The van der Waals surface area contributed by atoms with E-state index in [1.54, 1.807) is 0 Å². The first-order chi connectivity index (χ1) is 28.8. The second-order valence-corrected chi connectivity index (χ2v) is 15.3. The van der Waals surface area contributed by atoms with Gasteiger partial charge in [0, 0.05) is 16.9 Å². The van der Waals surface area contributed by atoms with Gasteiger partial charge in [-0.3, -0.25) is 0 Å². The summed E-state index contributed by atoms with van der Waals surface area (Å²) in [4.78, 5) is 2.45. The van der Waals surface area contributed by atoms with E-state index in [0.717, 1.165) is 17.1 Å². The average molecular weight is 738 g/mol. The number of anilines is 3. The summed E-state index contributed by atoms with van der Waals surface area (Å²) < 4.78 is 0. The number of nitrogens with zero attached hydrogens (tertiary/aromatic N) is 1. The summed E-state index contributed by atoms with van der Waals surface area (Å²) >= 11 is 0. The van der Waals surface area contributed by atoms with Crippen molar-refractivity contribution in [2.24, 2.45) is 0 Å². The van der Waals surface area contributed by atoms with Gasteiger partial charge in [-0.1, -0.05) is 194 Å². The van der Waals surface area contributed by atoms with E-state index in [9.17, 15) is 0 Å². The van der Waals surface area contributed by atoms with E-state index in [2.05, 4.69) is 241 Å². The average Bonchev–Trinajstić information content (AvgIpc) is 3.61. The Morgan fingerprint density at radius 2 is 0.724 bits per heavy atom. The quantitative estimate of drug-likeness (QED) is 0.157. The lowest BCUT2D eigenvalue weighted by Crippen LogP contribution is -2.28. The lowest BCUT2D eigenvalue weighted by Gasteiger charge is -2.34. The van der Waals surface area contributed by atoms with Crippen molar-refractivity contribution in [3.8, 4) is 33.4 Å². The Labute approximate surface area is 339 Å². The molecule has 0 spiro atoms. The van der Waals surface area contributed by atoms with Crippen LogP contribution in [0.3, 0.4) is 0 Å². The molecule has 0 radical (unpaired) electrons. The molecule has 0 aliphatic heterocycles. The maximum atomic E-state index is 2.45. The minimum atomic E-state index is -0.490. The summed E-state index contributed by atoms with van der Waals surface area (Å²) in [6, 6.07) is 86.9. The van der Waals surface area contributed by atoms with Gasteiger partial charge in [0.25, 0.3) is 0 Å². The number of benzene rings is 10. The maximum absolute atomic E-state index is 2.45. The molecule has 0 aromatic heterocycles. The third-order valence-electron chi connectivity index (χ3n) is 12.1. The fourth-order valence-corrected chi connectivity index (χ4v) is 9.43. The van der Waals surface area contributed by atoms with Gasteiger partial charge >= 0.3 is 0 Å². The predicted molar refractivity (Wildman–Crippen MR) is 244 cm³/mol. The van der Waals surface area contributed by atoms with Crippen molar-refractivity contribution in [3.05, 3.63) is 259 Å². The molecule has 0 unspecified atom stereocenters. The molecule has 1 heteroatoms. The van der Waals surface area contributed by atoms with Crippen molar-refractivity contribution in [3.63, 3.8) is 0 Å². The highest BCUT2D eigenvalue weighted by atomic mass is 15.1. The van der Waals surface area contributed by atoms with Crippen molar-refractivity contribution >= 4 is 38.6 Å². The van der Waals surface area contributed by atoms with Crippen LogP contribution in [-0.4, -0.2) is 0 Å². The van der Waals surface area contributed by atoms with Crippen LogP contribution >= 0.6 is 0 Å². The van der Waals surface area contributed by atoms with Crippen molar-refractivity contribution < 1.29 is 0 Å². The Kier molecular flexibility index (Phi) is 8.12. The van der Waals surface area contributed by atoms with Crippen molar-refractivity contribution in [1.82, 2.24) is 0 Å². The van der Waals surface area contributed by atoms with E-state index in [0.29, 0.717) is 0 Å². The Balaban J connectivity index is 1.11. The first-order valence-corrected chi connectivity index (χ1v) is 20.1. The van der Waals surface area contributed by atoms with Crippen LogP contribution in [0.1, 0.15) is 22.3 Å². The van der Waals surface area contributed by atoms with E-state index in [4.69, 9.17) is 0 Å². The van der Waals surface area contributed by atoms with Gasteiger partial charge in [0.2, 0.25) is 0 Å². The Bertz CT molecular complexity index is 2930. The van der Waals surface area contributed by atoms with Crippen LogP contribution in [0.15, 0.2) is 237 Å². The van der Waals surface area contributed by atoms with Gasteiger partial charge in [0.1, 0.15) is 0 Å². The monoisotopic (exact) mass is 737 g/mol. The van der Waals surface area contributed by atoms with Gasteiger partial charge in [-0.15, -0.1) is 0 Å². The minimum absolute atomic E-state index is 0.490. The van der Waals surface area contributed by atoms with Crippen molar-refractivity contribution in [2.75, 3.05) is 4.90 Å². The standard InChI is InChI=1S/C57H39N/c1-3-18-48(19-4-1)57(49-20-5-2-6-21-49)53-23-12-11-22-52(53)56-54(57)24-13-25-55(56)58(50-34-30-42(31-35-50)46-28-26-40-14-7-9-16-44(40)38-46)51-36-32-43(33-37-51)47-29-27-41-15-8-10-17-45(41)39-47/h1-39H. The SMILES string of the molecule is c1ccc(C2(c3ccccc3)c3ccccc3-c3c(N(c4ccc(-c5ccc6ccccc6c5)cc4)c4ccc(-c5ccc6ccccc6c5)cc4)cccc32)cc1. The third-order valence-corrected chi connectivity index (χ3v) is 12.1. The highest BCUT2D eigenvalue weighted by Crippen LogP contribution is 2.59. The molecule has 1 nitrogen and oxygen atoms in total. The second-order valence-electron chi connectivity index (χ2n) is 15.3. The molecule has 58 heavy (non-hydrogen) atoms. The molecule has 1 aliphatic carbocycles.